The van der Waals surface area contributed by atoms with E-state index >= 15 is 0 Å². The van der Waals surface area contributed by atoms with Gasteiger partial charge in [-0.05, 0) is 49.1 Å². The van der Waals surface area contributed by atoms with Crippen LogP contribution in [0.1, 0.15) is 36.5 Å². The van der Waals surface area contributed by atoms with Crippen LogP contribution in [0.5, 0.6) is 5.75 Å². The summed E-state index contributed by atoms with van der Waals surface area (Å²) in [5, 5.41) is 0. The molecule has 106 valence electrons. The molecule has 0 fully saturated rings. The second kappa shape index (κ2) is 7.29. The third-order valence-corrected chi connectivity index (χ3v) is 3.46. The average molecular weight is 263 g/mol. The summed E-state index contributed by atoms with van der Waals surface area (Å²) in [5.74, 6) is 1.42. The molecule has 0 unspecified atom stereocenters. The number of rotatable bonds is 7. The summed E-state index contributed by atoms with van der Waals surface area (Å²) in [6.07, 6.45) is 1.90. The van der Waals surface area contributed by atoms with Gasteiger partial charge in [-0.3, -0.25) is 4.90 Å². The van der Waals surface area contributed by atoms with Crippen LogP contribution in [0, 0.1) is 6.92 Å². The molecule has 0 amide bonds. The van der Waals surface area contributed by atoms with Crippen LogP contribution >= 0.6 is 0 Å². The molecule has 0 radical (unpaired) electrons. The van der Waals surface area contributed by atoms with Crippen LogP contribution in [0.2, 0.25) is 0 Å². The highest BCUT2D eigenvalue weighted by atomic mass is 16.5. The lowest BCUT2D eigenvalue weighted by atomic mass is 9.95. The molecule has 0 N–H and O–H groups in total. The second-order valence-electron chi connectivity index (χ2n) is 5.35. The number of hydrogen-bond acceptors (Lipinski definition) is 3. The van der Waals surface area contributed by atoms with E-state index in [4.69, 9.17) is 4.74 Å². The van der Waals surface area contributed by atoms with Crippen molar-refractivity contribution in [2.24, 2.45) is 0 Å². The molecule has 0 aliphatic carbocycles. The van der Waals surface area contributed by atoms with Gasteiger partial charge in [0.2, 0.25) is 0 Å². The minimum atomic E-state index is 0.446. The summed E-state index contributed by atoms with van der Waals surface area (Å²) >= 11 is 0. The molecule has 1 aromatic carbocycles. The monoisotopic (exact) mass is 263 g/mol. The first-order valence-electron chi connectivity index (χ1n) is 6.79. The molecule has 0 aliphatic heterocycles. The topological polar surface area (TPSA) is 29.5 Å². The van der Waals surface area contributed by atoms with Crippen LogP contribution in [0.25, 0.3) is 0 Å². The smallest absolute Gasteiger partial charge is 0.133 e. The van der Waals surface area contributed by atoms with Crippen molar-refractivity contribution in [2.45, 2.75) is 33.1 Å². The van der Waals surface area contributed by atoms with Gasteiger partial charge < -0.3 is 9.53 Å². The molecule has 0 saturated carbocycles. The van der Waals surface area contributed by atoms with E-state index in [0.29, 0.717) is 12.5 Å². The minimum absolute atomic E-state index is 0.446. The van der Waals surface area contributed by atoms with E-state index in [1.165, 1.54) is 16.7 Å². The summed E-state index contributed by atoms with van der Waals surface area (Å²) in [4.78, 5) is 12.5. The Morgan fingerprint density at radius 3 is 2.58 bits per heavy atom. The Hall–Kier alpha value is -1.35. The first-order valence-corrected chi connectivity index (χ1v) is 6.79. The van der Waals surface area contributed by atoms with Gasteiger partial charge in [0.15, 0.2) is 0 Å². The van der Waals surface area contributed by atoms with Crippen LogP contribution < -0.4 is 4.74 Å². The number of benzene rings is 1. The summed E-state index contributed by atoms with van der Waals surface area (Å²) < 4.78 is 5.45. The molecule has 3 heteroatoms. The maximum Gasteiger partial charge on any atom is 0.133 e. The first kappa shape index (κ1) is 15.7. The maximum atomic E-state index is 10.5. The van der Waals surface area contributed by atoms with Crippen molar-refractivity contribution in [3.63, 3.8) is 0 Å². The highest BCUT2D eigenvalue weighted by Crippen LogP contribution is 2.29. The number of hydrogen-bond donors (Lipinski definition) is 0. The zero-order valence-electron chi connectivity index (χ0n) is 12.7. The lowest BCUT2D eigenvalue weighted by Crippen LogP contribution is -2.23. The van der Waals surface area contributed by atoms with Crippen molar-refractivity contribution in [1.82, 2.24) is 4.90 Å². The number of methoxy groups -OCH3 is 1. The number of nitrogens with zero attached hydrogens (tertiary/aromatic N) is 1. The summed E-state index contributed by atoms with van der Waals surface area (Å²) in [6.45, 7) is 7.85. The normalized spacial score (nSPS) is 11.1. The third kappa shape index (κ3) is 4.35. The molecule has 0 heterocycles. The Bertz CT molecular complexity index is 427. The molecule has 1 aromatic rings. The van der Waals surface area contributed by atoms with Crippen molar-refractivity contribution in [3.8, 4) is 5.75 Å². The molecule has 0 saturated heterocycles. The lowest BCUT2D eigenvalue weighted by molar-refractivity contribution is -0.108. The minimum Gasteiger partial charge on any atom is -0.496 e. The average Bonchev–Trinajstić information content (AvgIpc) is 2.36. The SMILES string of the molecule is COc1cc(C)c(CCN(C)CC=O)cc1C(C)C. The molecular weight excluding hydrogens is 238 g/mol. The molecule has 19 heavy (non-hydrogen) atoms. The van der Waals surface area contributed by atoms with Crippen molar-refractivity contribution in [3.05, 3.63) is 28.8 Å². The van der Waals surface area contributed by atoms with Gasteiger partial charge in [0, 0.05) is 6.54 Å². The predicted molar refractivity (Wildman–Crippen MR) is 79.1 cm³/mol. The number of aryl methyl sites for hydroxylation is 1. The highest BCUT2D eigenvalue weighted by Gasteiger charge is 2.11. The van der Waals surface area contributed by atoms with E-state index in [2.05, 4.69) is 32.9 Å². The quantitative estimate of drug-likeness (QED) is 0.708. The largest absolute Gasteiger partial charge is 0.496 e. The van der Waals surface area contributed by atoms with E-state index in [0.717, 1.165) is 25.0 Å². The fraction of sp³-hybridized carbons (Fsp3) is 0.562. The number of likely N-dealkylation sites (N-methyl/N-ethyl adjacent to an activating group) is 1. The summed E-state index contributed by atoms with van der Waals surface area (Å²) in [6, 6.07) is 4.36. The van der Waals surface area contributed by atoms with Gasteiger partial charge in [-0.1, -0.05) is 19.9 Å². The lowest BCUT2D eigenvalue weighted by Gasteiger charge is -2.18. The van der Waals surface area contributed by atoms with Crippen LogP contribution in [0.15, 0.2) is 12.1 Å². The standard InChI is InChI=1S/C16H25NO2/c1-12(2)15-11-14(6-7-17(4)8-9-18)13(3)10-16(15)19-5/h9-12H,6-8H2,1-5H3. The van der Waals surface area contributed by atoms with Crippen molar-refractivity contribution in [2.75, 3.05) is 27.2 Å². The molecule has 3 nitrogen and oxygen atoms in total. The zero-order chi connectivity index (χ0) is 14.4. The summed E-state index contributed by atoms with van der Waals surface area (Å²) in [5.41, 5.74) is 3.84. The molecule has 0 aromatic heterocycles. The van der Waals surface area contributed by atoms with Gasteiger partial charge in [0.05, 0.1) is 13.7 Å². The number of aldehydes is 1. The van der Waals surface area contributed by atoms with Crippen molar-refractivity contribution < 1.29 is 9.53 Å². The Labute approximate surface area is 116 Å². The number of carbonyl (C=O) groups is 1. The van der Waals surface area contributed by atoms with E-state index in [1.807, 2.05) is 11.9 Å². The van der Waals surface area contributed by atoms with E-state index in [1.54, 1.807) is 7.11 Å². The Balaban J connectivity index is 2.89. The fourth-order valence-corrected chi connectivity index (χ4v) is 2.17. The molecule has 0 bridgehead atoms. The number of carbonyl (C=O) groups excluding carboxylic acids is 1. The third-order valence-electron chi connectivity index (χ3n) is 3.46. The Morgan fingerprint density at radius 2 is 2.05 bits per heavy atom. The Kier molecular flexibility index (Phi) is 6.03. The van der Waals surface area contributed by atoms with Gasteiger partial charge in [-0.25, -0.2) is 0 Å². The van der Waals surface area contributed by atoms with E-state index < -0.39 is 0 Å². The van der Waals surface area contributed by atoms with Gasteiger partial charge in [-0.15, -0.1) is 0 Å². The van der Waals surface area contributed by atoms with Crippen LogP contribution in [0.3, 0.4) is 0 Å². The summed E-state index contributed by atoms with van der Waals surface area (Å²) in [7, 11) is 3.69. The maximum absolute atomic E-state index is 10.5. The van der Waals surface area contributed by atoms with Crippen molar-refractivity contribution >= 4 is 6.29 Å². The zero-order valence-corrected chi connectivity index (χ0v) is 12.7. The van der Waals surface area contributed by atoms with Crippen LogP contribution in [-0.2, 0) is 11.2 Å². The molecule has 0 atom stereocenters. The predicted octanol–water partition coefficient (Wildman–Crippen LogP) is 2.80. The van der Waals surface area contributed by atoms with Crippen LogP contribution in [0.4, 0.5) is 0 Å². The van der Waals surface area contributed by atoms with Crippen LogP contribution in [-0.4, -0.2) is 38.4 Å². The molecule has 0 aliphatic rings. The van der Waals surface area contributed by atoms with E-state index in [-0.39, 0.29) is 0 Å². The first-order chi connectivity index (χ1) is 8.99. The molecule has 1 rings (SSSR count). The fourth-order valence-electron chi connectivity index (χ4n) is 2.17. The van der Waals surface area contributed by atoms with E-state index in [9.17, 15) is 4.79 Å². The number of ether oxygens (including phenoxy) is 1. The van der Waals surface area contributed by atoms with Crippen molar-refractivity contribution in [1.29, 1.82) is 0 Å². The van der Waals surface area contributed by atoms with Gasteiger partial charge in [0.25, 0.3) is 0 Å². The second-order valence-corrected chi connectivity index (χ2v) is 5.35. The molecular formula is C16H25NO2. The Morgan fingerprint density at radius 1 is 1.37 bits per heavy atom. The van der Waals surface area contributed by atoms with Gasteiger partial charge in [-0.2, -0.15) is 0 Å². The highest BCUT2D eigenvalue weighted by molar-refractivity contribution is 5.51. The van der Waals surface area contributed by atoms with Gasteiger partial charge in [0.1, 0.15) is 12.0 Å². The van der Waals surface area contributed by atoms with Gasteiger partial charge >= 0.3 is 0 Å². The molecule has 0 spiro atoms.